The van der Waals surface area contributed by atoms with Crippen molar-refractivity contribution in [2.45, 2.75) is 52.7 Å². The molecular weight excluding hydrogens is 331 g/mol. The summed E-state index contributed by atoms with van der Waals surface area (Å²) in [5.74, 6) is 1.83. The zero-order valence-electron chi connectivity index (χ0n) is 16.0. The summed E-state index contributed by atoms with van der Waals surface area (Å²) < 4.78 is 18.6. The normalized spacial score (nSPS) is 19.8. The molecule has 0 spiro atoms. The van der Waals surface area contributed by atoms with Crippen molar-refractivity contribution >= 4 is 0 Å². The van der Waals surface area contributed by atoms with Crippen LogP contribution in [0.1, 0.15) is 44.5 Å². The Bertz CT molecular complexity index is 685. The van der Waals surface area contributed by atoms with Gasteiger partial charge in [0.2, 0.25) is 5.89 Å². The second-order valence-electron chi connectivity index (χ2n) is 7.45. The number of aromatic nitrogens is 2. The highest BCUT2D eigenvalue weighted by atomic mass is 19.1. The maximum absolute atomic E-state index is 13.2. The molecule has 0 unspecified atom stereocenters. The van der Waals surface area contributed by atoms with Crippen molar-refractivity contribution in [1.29, 1.82) is 0 Å². The quantitative estimate of drug-likeness (QED) is 0.789. The van der Waals surface area contributed by atoms with Crippen molar-refractivity contribution in [3.05, 3.63) is 47.4 Å². The van der Waals surface area contributed by atoms with E-state index >= 15 is 0 Å². The van der Waals surface area contributed by atoms with Crippen molar-refractivity contribution in [1.82, 2.24) is 19.9 Å². The van der Waals surface area contributed by atoms with Crippen LogP contribution in [-0.2, 0) is 19.5 Å². The lowest BCUT2D eigenvalue weighted by molar-refractivity contribution is 0.125. The summed E-state index contributed by atoms with van der Waals surface area (Å²) in [6.45, 7) is 11.2. The minimum atomic E-state index is -0.179. The van der Waals surface area contributed by atoms with Crippen molar-refractivity contribution < 1.29 is 8.91 Å². The second-order valence-corrected chi connectivity index (χ2v) is 7.45. The zero-order chi connectivity index (χ0) is 18.5. The molecule has 6 heteroatoms. The third-order valence-electron chi connectivity index (χ3n) is 5.09. The van der Waals surface area contributed by atoms with Crippen LogP contribution in [-0.4, -0.2) is 45.6 Å². The van der Waals surface area contributed by atoms with E-state index in [2.05, 4.69) is 33.8 Å². The number of benzene rings is 1. The van der Waals surface area contributed by atoms with Crippen LogP contribution in [0.2, 0.25) is 0 Å². The Balaban J connectivity index is 1.67. The van der Waals surface area contributed by atoms with Crippen molar-refractivity contribution in [3.63, 3.8) is 0 Å². The fourth-order valence-electron chi connectivity index (χ4n) is 3.62. The van der Waals surface area contributed by atoms with E-state index in [0.29, 0.717) is 24.4 Å². The number of nitrogens with zero attached hydrogens (tertiary/aromatic N) is 4. The van der Waals surface area contributed by atoms with Crippen LogP contribution in [0.15, 0.2) is 28.8 Å². The molecule has 1 aliphatic heterocycles. The Morgan fingerprint density at radius 1 is 1.19 bits per heavy atom. The first kappa shape index (κ1) is 19.0. The van der Waals surface area contributed by atoms with Gasteiger partial charge >= 0.3 is 0 Å². The van der Waals surface area contributed by atoms with Gasteiger partial charge in [0.05, 0.1) is 6.54 Å². The lowest BCUT2D eigenvalue weighted by Gasteiger charge is -2.34. The van der Waals surface area contributed by atoms with Crippen LogP contribution in [0, 0.1) is 11.7 Å². The van der Waals surface area contributed by atoms with Crippen LogP contribution >= 0.6 is 0 Å². The summed E-state index contributed by atoms with van der Waals surface area (Å²) >= 11 is 0. The predicted molar refractivity (Wildman–Crippen MR) is 99.0 cm³/mol. The molecule has 26 heavy (non-hydrogen) atoms. The molecule has 5 nitrogen and oxygen atoms in total. The molecule has 1 aliphatic rings. The summed E-state index contributed by atoms with van der Waals surface area (Å²) in [6.07, 6.45) is 1.89. The highest BCUT2D eigenvalue weighted by molar-refractivity contribution is 5.16. The first-order valence-electron chi connectivity index (χ1n) is 9.57. The molecule has 0 saturated carbocycles. The molecule has 1 saturated heterocycles. The van der Waals surface area contributed by atoms with Crippen LogP contribution in [0.5, 0.6) is 0 Å². The van der Waals surface area contributed by atoms with E-state index in [1.165, 1.54) is 0 Å². The van der Waals surface area contributed by atoms with Crippen molar-refractivity contribution in [3.8, 4) is 0 Å². The van der Waals surface area contributed by atoms with Crippen LogP contribution in [0.4, 0.5) is 4.39 Å². The van der Waals surface area contributed by atoms with E-state index in [-0.39, 0.29) is 5.82 Å². The van der Waals surface area contributed by atoms with Crippen LogP contribution in [0.25, 0.3) is 0 Å². The number of hydrogen-bond acceptors (Lipinski definition) is 5. The van der Waals surface area contributed by atoms with E-state index in [4.69, 9.17) is 4.52 Å². The van der Waals surface area contributed by atoms with Gasteiger partial charge in [0.1, 0.15) is 5.82 Å². The van der Waals surface area contributed by atoms with Crippen LogP contribution in [0.3, 0.4) is 0 Å². The molecule has 2 heterocycles. The largest absolute Gasteiger partial charge is 0.338 e. The minimum Gasteiger partial charge on any atom is -0.338 e. The third kappa shape index (κ3) is 4.89. The maximum Gasteiger partial charge on any atom is 0.240 e. The van der Waals surface area contributed by atoms with Crippen molar-refractivity contribution in [2.75, 3.05) is 19.6 Å². The monoisotopic (exact) mass is 360 g/mol. The molecule has 0 N–H and O–H groups in total. The summed E-state index contributed by atoms with van der Waals surface area (Å²) in [6, 6.07) is 7.31. The molecule has 1 atom stereocenters. The zero-order valence-corrected chi connectivity index (χ0v) is 16.0. The molecule has 0 aliphatic carbocycles. The van der Waals surface area contributed by atoms with Gasteiger partial charge in [0.15, 0.2) is 5.82 Å². The molecule has 1 fully saturated rings. The third-order valence-corrected chi connectivity index (χ3v) is 5.09. The van der Waals surface area contributed by atoms with Gasteiger partial charge in [-0.15, -0.1) is 0 Å². The summed E-state index contributed by atoms with van der Waals surface area (Å²) in [4.78, 5) is 9.40. The van der Waals surface area contributed by atoms with Gasteiger partial charge < -0.3 is 4.52 Å². The average molecular weight is 360 g/mol. The second kappa shape index (κ2) is 8.73. The molecule has 0 radical (unpaired) electrons. The fraction of sp³-hybridized carbons (Fsp3) is 0.600. The standard InChI is InChI=1S/C20H29FN4O/c1-4-19-22-20(26-23-19)14-24-10-5-11-25(18(13-24)15(2)3)12-16-6-8-17(21)9-7-16/h6-9,15,18H,4-5,10-14H2,1-3H3/t18-/m1/s1. The van der Waals surface area contributed by atoms with Gasteiger partial charge in [-0.2, -0.15) is 4.98 Å². The lowest BCUT2D eigenvalue weighted by Crippen LogP contribution is -2.43. The molecule has 0 amide bonds. The molecular formula is C20H29FN4O. The minimum absolute atomic E-state index is 0.179. The Morgan fingerprint density at radius 2 is 1.96 bits per heavy atom. The van der Waals surface area contributed by atoms with E-state index in [1.807, 2.05) is 19.1 Å². The van der Waals surface area contributed by atoms with Crippen LogP contribution < -0.4 is 0 Å². The van der Waals surface area contributed by atoms with Crippen molar-refractivity contribution in [2.24, 2.45) is 5.92 Å². The molecule has 2 aromatic rings. The number of hydrogen-bond donors (Lipinski definition) is 0. The highest BCUT2D eigenvalue weighted by Gasteiger charge is 2.28. The Morgan fingerprint density at radius 3 is 2.62 bits per heavy atom. The SMILES string of the molecule is CCc1noc(CN2CCCN(Cc3ccc(F)cc3)[C@@H](C(C)C)C2)n1. The number of rotatable bonds is 6. The van der Waals surface area contributed by atoms with E-state index in [0.717, 1.165) is 50.4 Å². The lowest BCUT2D eigenvalue weighted by atomic mass is 10.0. The Labute approximate surface area is 155 Å². The molecule has 1 aromatic carbocycles. The van der Waals surface area contributed by atoms with E-state index in [1.54, 1.807) is 12.1 Å². The average Bonchev–Trinajstić information content (AvgIpc) is 2.98. The molecule has 142 valence electrons. The maximum atomic E-state index is 13.2. The van der Waals surface area contributed by atoms with Gasteiger partial charge in [-0.3, -0.25) is 9.80 Å². The molecule has 1 aromatic heterocycles. The number of aryl methyl sites for hydroxylation is 1. The van der Waals surface area contributed by atoms with Gasteiger partial charge in [0, 0.05) is 32.1 Å². The molecule has 0 bridgehead atoms. The number of halogens is 1. The van der Waals surface area contributed by atoms with Gasteiger partial charge in [0.25, 0.3) is 0 Å². The smallest absolute Gasteiger partial charge is 0.240 e. The fourth-order valence-corrected chi connectivity index (χ4v) is 3.62. The highest BCUT2D eigenvalue weighted by Crippen LogP contribution is 2.21. The Hall–Kier alpha value is -1.79. The van der Waals surface area contributed by atoms with E-state index in [9.17, 15) is 4.39 Å². The topological polar surface area (TPSA) is 45.4 Å². The summed E-state index contributed by atoms with van der Waals surface area (Å²) in [5.41, 5.74) is 1.16. The van der Waals surface area contributed by atoms with Gasteiger partial charge in [-0.25, -0.2) is 4.39 Å². The molecule has 3 rings (SSSR count). The van der Waals surface area contributed by atoms with Gasteiger partial charge in [-0.05, 0) is 36.6 Å². The van der Waals surface area contributed by atoms with Gasteiger partial charge in [-0.1, -0.05) is 38.1 Å². The first-order valence-corrected chi connectivity index (χ1v) is 9.57. The Kier molecular flexibility index (Phi) is 6.38. The predicted octanol–water partition coefficient (Wildman–Crippen LogP) is 3.50. The first-order chi connectivity index (χ1) is 12.5. The van der Waals surface area contributed by atoms with E-state index < -0.39 is 0 Å². The summed E-state index contributed by atoms with van der Waals surface area (Å²) in [5, 5.41) is 4.00. The summed E-state index contributed by atoms with van der Waals surface area (Å²) in [7, 11) is 0.